The standard InChI is InChI=1S/C18H27NO3/c1-13(20)15-9-10-19(12-15)17(21)18(2,3)11-14-7-5-6-8-16(14)22-4/h5-8,13,15,20H,9-12H2,1-4H3. The van der Waals surface area contributed by atoms with Gasteiger partial charge in [-0.3, -0.25) is 4.79 Å². The van der Waals surface area contributed by atoms with Crippen LogP contribution in [0.25, 0.3) is 0 Å². The number of carbonyl (C=O) groups excluding carboxylic acids is 1. The summed E-state index contributed by atoms with van der Waals surface area (Å²) < 4.78 is 5.39. The molecule has 1 N–H and O–H groups in total. The number of hydrogen-bond donors (Lipinski definition) is 1. The fourth-order valence-electron chi connectivity index (χ4n) is 3.19. The topological polar surface area (TPSA) is 49.8 Å². The molecule has 0 bridgehead atoms. The molecule has 22 heavy (non-hydrogen) atoms. The molecule has 1 fully saturated rings. The van der Waals surface area contributed by atoms with Crippen LogP contribution in [0.5, 0.6) is 5.75 Å². The third kappa shape index (κ3) is 3.61. The van der Waals surface area contributed by atoms with Gasteiger partial charge in [-0.1, -0.05) is 32.0 Å². The number of likely N-dealkylation sites (tertiary alicyclic amines) is 1. The molecule has 1 aromatic carbocycles. The average Bonchev–Trinajstić information content (AvgIpc) is 2.96. The monoisotopic (exact) mass is 305 g/mol. The lowest BCUT2D eigenvalue weighted by molar-refractivity contribution is -0.139. The van der Waals surface area contributed by atoms with Crippen LogP contribution >= 0.6 is 0 Å². The Morgan fingerprint density at radius 1 is 1.45 bits per heavy atom. The Bertz CT molecular complexity index is 525. The fourth-order valence-corrected chi connectivity index (χ4v) is 3.19. The van der Waals surface area contributed by atoms with E-state index in [9.17, 15) is 9.90 Å². The zero-order valence-electron chi connectivity index (χ0n) is 14.0. The summed E-state index contributed by atoms with van der Waals surface area (Å²) in [6, 6.07) is 7.84. The normalized spacial score (nSPS) is 20.0. The number of nitrogens with zero attached hydrogens (tertiary/aromatic N) is 1. The molecule has 1 amide bonds. The minimum absolute atomic E-state index is 0.154. The first-order chi connectivity index (χ1) is 10.3. The summed E-state index contributed by atoms with van der Waals surface area (Å²) >= 11 is 0. The van der Waals surface area contributed by atoms with Crippen LogP contribution in [0.1, 0.15) is 32.8 Å². The maximum atomic E-state index is 12.8. The Labute approximate surface area is 133 Å². The highest BCUT2D eigenvalue weighted by atomic mass is 16.5. The van der Waals surface area contributed by atoms with Crippen molar-refractivity contribution in [1.29, 1.82) is 0 Å². The molecule has 4 heteroatoms. The number of rotatable bonds is 5. The zero-order chi connectivity index (χ0) is 16.3. The molecule has 0 saturated carbocycles. The SMILES string of the molecule is COc1ccccc1CC(C)(C)C(=O)N1CCC(C(C)O)C1. The Balaban J connectivity index is 2.08. The number of aliphatic hydroxyl groups is 1. The molecule has 2 atom stereocenters. The molecular weight excluding hydrogens is 278 g/mol. The molecule has 2 unspecified atom stereocenters. The first-order valence-electron chi connectivity index (χ1n) is 7.94. The van der Waals surface area contributed by atoms with Gasteiger partial charge in [0.25, 0.3) is 0 Å². The van der Waals surface area contributed by atoms with Crippen molar-refractivity contribution in [3.63, 3.8) is 0 Å². The second kappa shape index (κ2) is 6.69. The third-order valence-electron chi connectivity index (χ3n) is 4.60. The van der Waals surface area contributed by atoms with E-state index in [1.807, 2.05) is 43.0 Å². The van der Waals surface area contributed by atoms with Gasteiger partial charge in [-0.15, -0.1) is 0 Å². The smallest absolute Gasteiger partial charge is 0.228 e. The van der Waals surface area contributed by atoms with Crippen LogP contribution in [0.15, 0.2) is 24.3 Å². The Hall–Kier alpha value is -1.55. The van der Waals surface area contributed by atoms with Crippen LogP contribution in [0.4, 0.5) is 0 Å². The Morgan fingerprint density at radius 2 is 2.14 bits per heavy atom. The van der Waals surface area contributed by atoms with Gasteiger partial charge in [0, 0.05) is 24.4 Å². The van der Waals surface area contributed by atoms with Crippen molar-refractivity contribution < 1.29 is 14.6 Å². The largest absolute Gasteiger partial charge is 0.496 e. The van der Waals surface area contributed by atoms with E-state index in [2.05, 4.69) is 0 Å². The quantitative estimate of drug-likeness (QED) is 0.909. The number of hydrogen-bond acceptors (Lipinski definition) is 3. The summed E-state index contributed by atoms with van der Waals surface area (Å²) in [4.78, 5) is 14.7. The lowest BCUT2D eigenvalue weighted by atomic mass is 9.84. The summed E-state index contributed by atoms with van der Waals surface area (Å²) in [5.74, 6) is 1.18. The van der Waals surface area contributed by atoms with Gasteiger partial charge in [0.1, 0.15) is 5.75 Å². The van der Waals surface area contributed by atoms with Gasteiger partial charge >= 0.3 is 0 Å². The van der Waals surface area contributed by atoms with E-state index in [1.54, 1.807) is 14.0 Å². The number of aliphatic hydroxyl groups excluding tert-OH is 1. The molecular formula is C18H27NO3. The second-order valence-electron chi connectivity index (χ2n) is 6.91. The second-order valence-corrected chi connectivity index (χ2v) is 6.91. The molecule has 4 nitrogen and oxygen atoms in total. The first-order valence-corrected chi connectivity index (χ1v) is 7.94. The molecule has 1 aromatic rings. The van der Waals surface area contributed by atoms with Crippen molar-refractivity contribution in [2.75, 3.05) is 20.2 Å². The van der Waals surface area contributed by atoms with Crippen molar-refractivity contribution in [3.8, 4) is 5.75 Å². The molecule has 1 aliphatic rings. The van der Waals surface area contributed by atoms with Gasteiger partial charge in [-0.2, -0.15) is 0 Å². The van der Waals surface area contributed by atoms with E-state index in [1.165, 1.54) is 0 Å². The fraction of sp³-hybridized carbons (Fsp3) is 0.611. The molecule has 1 heterocycles. The zero-order valence-corrected chi connectivity index (χ0v) is 14.0. The van der Waals surface area contributed by atoms with E-state index in [4.69, 9.17) is 4.74 Å². The lowest BCUT2D eigenvalue weighted by Crippen LogP contribution is -2.41. The molecule has 2 rings (SSSR count). The van der Waals surface area contributed by atoms with Gasteiger partial charge in [-0.05, 0) is 31.4 Å². The van der Waals surface area contributed by atoms with Gasteiger partial charge in [0.05, 0.1) is 13.2 Å². The summed E-state index contributed by atoms with van der Waals surface area (Å²) in [5, 5.41) is 9.70. The molecule has 0 spiro atoms. The third-order valence-corrected chi connectivity index (χ3v) is 4.60. The predicted molar refractivity (Wildman–Crippen MR) is 86.8 cm³/mol. The van der Waals surface area contributed by atoms with E-state index < -0.39 is 5.41 Å². The number of carbonyl (C=O) groups is 1. The number of benzene rings is 1. The maximum Gasteiger partial charge on any atom is 0.228 e. The highest BCUT2D eigenvalue weighted by Gasteiger charge is 2.37. The van der Waals surface area contributed by atoms with E-state index in [-0.39, 0.29) is 17.9 Å². The Kier molecular flexibility index (Phi) is 5.12. The minimum atomic E-state index is -0.484. The van der Waals surface area contributed by atoms with Crippen molar-refractivity contribution in [3.05, 3.63) is 29.8 Å². The van der Waals surface area contributed by atoms with E-state index in [0.717, 1.165) is 24.3 Å². The van der Waals surface area contributed by atoms with Crippen molar-refractivity contribution in [2.24, 2.45) is 11.3 Å². The number of amides is 1. The number of ether oxygens (including phenoxy) is 1. The Morgan fingerprint density at radius 3 is 2.73 bits per heavy atom. The first kappa shape index (κ1) is 16.8. The van der Waals surface area contributed by atoms with Crippen LogP contribution in [0.3, 0.4) is 0 Å². The predicted octanol–water partition coefficient (Wildman–Crippen LogP) is 2.49. The van der Waals surface area contributed by atoms with Gasteiger partial charge in [0.15, 0.2) is 0 Å². The maximum absolute atomic E-state index is 12.8. The summed E-state index contributed by atoms with van der Waals surface area (Å²) in [5.41, 5.74) is 0.567. The van der Waals surface area contributed by atoms with Crippen molar-refractivity contribution in [1.82, 2.24) is 4.90 Å². The number of methoxy groups -OCH3 is 1. The van der Waals surface area contributed by atoms with Gasteiger partial charge in [-0.25, -0.2) is 0 Å². The van der Waals surface area contributed by atoms with Crippen LogP contribution in [-0.2, 0) is 11.2 Å². The lowest BCUT2D eigenvalue weighted by Gasteiger charge is -2.30. The summed E-state index contributed by atoms with van der Waals surface area (Å²) in [6.45, 7) is 7.17. The van der Waals surface area contributed by atoms with Crippen LogP contribution in [0.2, 0.25) is 0 Å². The average molecular weight is 305 g/mol. The molecule has 0 aromatic heterocycles. The van der Waals surface area contributed by atoms with Crippen molar-refractivity contribution in [2.45, 2.75) is 39.7 Å². The highest BCUT2D eigenvalue weighted by Crippen LogP contribution is 2.31. The van der Waals surface area contributed by atoms with E-state index >= 15 is 0 Å². The van der Waals surface area contributed by atoms with Crippen LogP contribution < -0.4 is 4.74 Å². The summed E-state index contributed by atoms with van der Waals surface area (Å²) in [7, 11) is 1.65. The number of para-hydroxylation sites is 1. The van der Waals surface area contributed by atoms with Crippen molar-refractivity contribution >= 4 is 5.91 Å². The molecule has 0 radical (unpaired) electrons. The molecule has 1 aliphatic heterocycles. The summed E-state index contributed by atoms with van der Waals surface area (Å²) in [6.07, 6.45) is 1.18. The van der Waals surface area contributed by atoms with Crippen LogP contribution in [0, 0.1) is 11.3 Å². The molecule has 0 aliphatic carbocycles. The van der Waals surface area contributed by atoms with Crippen LogP contribution in [-0.4, -0.2) is 42.2 Å². The highest BCUT2D eigenvalue weighted by molar-refractivity contribution is 5.82. The molecule has 122 valence electrons. The van der Waals surface area contributed by atoms with E-state index in [0.29, 0.717) is 13.0 Å². The van der Waals surface area contributed by atoms with Gasteiger partial charge < -0.3 is 14.7 Å². The molecule has 1 saturated heterocycles. The minimum Gasteiger partial charge on any atom is -0.496 e. The van der Waals surface area contributed by atoms with Gasteiger partial charge in [0.2, 0.25) is 5.91 Å².